The van der Waals surface area contributed by atoms with E-state index in [-0.39, 0.29) is 11.1 Å². The Kier molecular flexibility index (Phi) is 2.88. The predicted molar refractivity (Wildman–Crippen MR) is 59.1 cm³/mol. The Balaban J connectivity index is 2.66. The molecule has 1 heterocycles. The van der Waals surface area contributed by atoms with Crippen LogP contribution in [0.4, 0.5) is 14.5 Å². The molecule has 0 bridgehead atoms. The van der Waals surface area contributed by atoms with Crippen molar-refractivity contribution in [3.05, 3.63) is 62.6 Å². The fourth-order valence-electron chi connectivity index (χ4n) is 1.47. The maximum Gasteiger partial charge on any atom is 0.273 e. The SMILES string of the molecule is O=c1ccc(-c2cc([N+](=O)[O-])cc(F)c2F)c[nH]1. The van der Waals surface area contributed by atoms with Gasteiger partial charge in [0.15, 0.2) is 11.6 Å². The summed E-state index contributed by atoms with van der Waals surface area (Å²) in [5.74, 6) is -2.52. The van der Waals surface area contributed by atoms with Gasteiger partial charge in [-0.05, 0) is 6.07 Å². The van der Waals surface area contributed by atoms with Crippen LogP contribution in [-0.2, 0) is 0 Å². The molecule has 1 aromatic heterocycles. The third-order valence-corrected chi connectivity index (χ3v) is 2.32. The second kappa shape index (κ2) is 4.36. The number of non-ortho nitro benzene ring substituents is 1. The van der Waals surface area contributed by atoms with Crippen molar-refractivity contribution in [2.24, 2.45) is 0 Å². The highest BCUT2D eigenvalue weighted by atomic mass is 19.2. The highest BCUT2D eigenvalue weighted by Gasteiger charge is 2.17. The lowest BCUT2D eigenvalue weighted by Gasteiger charge is -2.04. The number of H-pyrrole nitrogens is 1. The molecule has 18 heavy (non-hydrogen) atoms. The van der Waals surface area contributed by atoms with E-state index in [2.05, 4.69) is 4.98 Å². The first kappa shape index (κ1) is 11.9. The van der Waals surface area contributed by atoms with E-state index in [9.17, 15) is 23.7 Å². The van der Waals surface area contributed by atoms with Crippen molar-refractivity contribution >= 4 is 5.69 Å². The van der Waals surface area contributed by atoms with Gasteiger partial charge in [0.1, 0.15) is 0 Å². The Morgan fingerprint density at radius 2 is 1.94 bits per heavy atom. The van der Waals surface area contributed by atoms with E-state index in [1.807, 2.05) is 0 Å². The number of hydrogen-bond donors (Lipinski definition) is 1. The Morgan fingerprint density at radius 3 is 2.50 bits per heavy atom. The lowest BCUT2D eigenvalue weighted by Crippen LogP contribution is -2.02. The van der Waals surface area contributed by atoms with Crippen molar-refractivity contribution in [2.45, 2.75) is 0 Å². The zero-order chi connectivity index (χ0) is 13.3. The van der Waals surface area contributed by atoms with Crippen molar-refractivity contribution in [2.75, 3.05) is 0 Å². The van der Waals surface area contributed by atoms with Crippen LogP contribution in [-0.4, -0.2) is 9.91 Å². The molecule has 7 heteroatoms. The van der Waals surface area contributed by atoms with Crippen LogP contribution in [0, 0.1) is 21.7 Å². The van der Waals surface area contributed by atoms with Crippen LogP contribution in [0.5, 0.6) is 0 Å². The summed E-state index contributed by atoms with van der Waals surface area (Å²) in [7, 11) is 0. The molecule has 0 amide bonds. The van der Waals surface area contributed by atoms with Crippen LogP contribution in [0.2, 0.25) is 0 Å². The van der Waals surface area contributed by atoms with Gasteiger partial charge in [0, 0.05) is 29.5 Å². The largest absolute Gasteiger partial charge is 0.328 e. The van der Waals surface area contributed by atoms with E-state index in [1.165, 1.54) is 6.07 Å². The van der Waals surface area contributed by atoms with Gasteiger partial charge in [-0.1, -0.05) is 0 Å². The number of hydrogen-bond acceptors (Lipinski definition) is 3. The summed E-state index contributed by atoms with van der Waals surface area (Å²) < 4.78 is 26.8. The van der Waals surface area contributed by atoms with Crippen molar-refractivity contribution in [3.63, 3.8) is 0 Å². The molecular weight excluding hydrogens is 246 g/mol. The van der Waals surface area contributed by atoms with Crippen molar-refractivity contribution in [1.82, 2.24) is 4.98 Å². The molecular formula is C11H6F2N2O3. The molecule has 0 spiro atoms. The van der Waals surface area contributed by atoms with E-state index in [0.29, 0.717) is 6.07 Å². The summed E-state index contributed by atoms with van der Waals surface area (Å²) in [4.78, 5) is 22.9. The molecule has 0 aliphatic rings. The summed E-state index contributed by atoms with van der Waals surface area (Å²) in [6, 6.07) is 3.78. The molecule has 0 fully saturated rings. The smallest absolute Gasteiger partial charge is 0.273 e. The monoisotopic (exact) mass is 252 g/mol. The van der Waals surface area contributed by atoms with Crippen molar-refractivity contribution in [3.8, 4) is 11.1 Å². The van der Waals surface area contributed by atoms with E-state index in [0.717, 1.165) is 18.3 Å². The minimum Gasteiger partial charge on any atom is -0.328 e. The van der Waals surface area contributed by atoms with Crippen LogP contribution in [0.1, 0.15) is 0 Å². The minimum absolute atomic E-state index is 0.148. The van der Waals surface area contributed by atoms with Crippen molar-refractivity contribution < 1.29 is 13.7 Å². The lowest BCUT2D eigenvalue weighted by atomic mass is 10.1. The molecule has 1 N–H and O–H groups in total. The molecule has 0 saturated carbocycles. The summed E-state index contributed by atoms with van der Waals surface area (Å²) in [6.45, 7) is 0. The number of aromatic amines is 1. The van der Waals surface area contributed by atoms with Crippen LogP contribution in [0.25, 0.3) is 11.1 Å². The second-order valence-corrected chi connectivity index (χ2v) is 3.49. The van der Waals surface area contributed by atoms with Gasteiger partial charge in [0.2, 0.25) is 5.56 Å². The number of aromatic nitrogens is 1. The zero-order valence-electron chi connectivity index (χ0n) is 8.81. The third kappa shape index (κ3) is 2.10. The standard InChI is InChI=1S/C11H6F2N2O3/c12-9-4-7(15(17)18)3-8(11(9)13)6-1-2-10(16)14-5-6/h1-5H,(H,14,16). The number of nitro groups is 1. The normalized spacial score (nSPS) is 10.3. The zero-order valence-corrected chi connectivity index (χ0v) is 8.81. The van der Waals surface area contributed by atoms with Gasteiger partial charge < -0.3 is 4.98 Å². The van der Waals surface area contributed by atoms with Crippen molar-refractivity contribution in [1.29, 1.82) is 0 Å². The van der Waals surface area contributed by atoms with Gasteiger partial charge in [-0.15, -0.1) is 0 Å². The number of pyridine rings is 1. The first-order chi connectivity index (χ1) is 8.49. The molecule has 2 rings (SSSR count). The summed E-state index contributed by atoms with van der Waals surface area (Å²) >= 11 is 0. The Hall–Kier alpha value is -2.57. The average Bonchev–Trinajstić information content (AvgIpc) is 2.33. The first-order valence-corrected chi connectivity index (χ1v) is 4.81. The average molecular weight is 252 g/mol. The lowest BCUT2D eigenvalue weighted by molar-refractivity contribution is -0.385. The maximum absolute atomic E-state index is 13.5. The van der Waals surface area contributed by atoms with Gasteiger partial charge in [0.05, 0.1) is 11.0 Å². The fraction of sp³-hybridized carbons (Fsp3) is 0. The van der Waals surface area contributed by atoms with E-state index in [1.54, 1.807) is 0 Å². The van der Waals surface area contributed by atoms with E-state index in [4.69, 9.17) is 0 Å². The van der Waals surface area contributed by atoms with E-state index < -0.39 is 27.8 Å². The number of rotatable bonds is 2. The van der Waals surface area contributed by atoms with Gasteiger partial charge in [-0.2, -0.15) is 0 Å². The van der Waals surface area contributed by atoms with Gasteiger partial charge in [0.25, 0.3) is 5.69 Å². The number of nitrogens with zero attached hydrogens (tertiary/aromatic N) is 1. The topological polar surface area (TPSA) is 76.0 Å². The molecule has 2 aromatic rings. The highest BCUT2D eigenvalue weighted by molar-refractivity contribution is 5.66. The van der Waals surface area contributed by atoms with Crippen LogP contribution in [0.15, 0.2) is 35.3 Å². The van der Waals surface area contributed by atoms with Gasteiger partial charge in [-0.3, -0.25) is 14.9 Å². The molecule has 0 atom stereocenters. The molecule has 1 aromatic carbocycles. The second-order valence-electron chi connectivity index (χ2n) is 3.49. The van der Waals surface area contributed by atoms with E-state index >= 15 is 0 Å². The molecule has 0 saturated heterocycles. The quantitative estimate of drug-likeness (QED) is 0.657. The number of nitro benzene ring substituents is 1. The molecule has 5 nitrogen and oxygen atoms in total. The van der Waals surface area contributed by atoms with Crippen LogP contribution < -0.4 is 5.56 Å². The predicted octanol–water partition coefficient (Wildman–Crippen LogP) is 2.23. The molecule has 0 unspecified atom stereocenters. The Morgan fingerprint density at radius 1 is 1.22 bits per heavy atom. The van der Waals surface area contributed by atoms with Gasteiger partial charge >= 0.3 is 0 Å². The number of nitrogens with one attached hydrogen (secondary N) is 1. The minimum atomic E-state index is -1.31. The number of halogens is 2. The molecule has 0 aliphatic carbocycles. The number of benzene rings is 1. The van der Waals surface area contributed by atoms with Gasteiger partial charge in [-0.25, -0.2) is 8.78 Å². The van der Waals surface area contributed by atoms with Crippen LogP contribution >= 0.6 is 0 Å². The van der Waals surface area contributed by atoms with Crippen LogP contribution in [0.3, 0.4) is 0 Å². The molecule has 0 aliphatic heterocycles. The Labute approximate surface area is 98.9 Å². The summed E-state index contributed by atoms with van der Waals surface area (Å²) in [6.07, 6.45) is 1.16. The third-order valence-electron chi connectivity index (χ3n) is 2.32. The molecule has 0 radical (unpaired) electrons. The summed E-state index contributed by atoms with van der Waals surface area (Å²) in [5, 5.41) is 10.6. The Bertz CT molecular complexity index is 662. The highest BCUT2D eigenvalue weighted by Crippen LogP contribution is 2.28. The summed E-state index contributed by atoms with van der Waals surface area (Å²) in [5.41, 5.74) is -1.10. The fourth-order valence-corrected chi connectivity index (χ4v) is 1.47. The molecule has 92 valence electrons. The first-order valence-electron chi connectivity index (χ1n) is 4.81. The maximum atomic E-state index is 13.5.